The van der Waals surface area contributed by atoms with Gasteiger partial charge in [-0.15, -0.1) is 0 Å². The topological polar surface area (TPSA) is 100 Å². The first kappa shape index (κ1) is 27.2. The van der Waals surface area contributed by atoms with E-state index in [-0.39, 0.29) is 33.8 Å². The summed E-state index contributed by atoms with van der Waals surface area (Å²) in [4.78, 5) is 37.3. The maximum Gasteiger partial charge on any atom is 0.255 e. The monoisotopic (exact) mass is 567 g/mol. The van der Waals surface area contributed by atoms with E-state index in [1.165, 1.54) is 31.3 Å². The van der Waals surface area contributed by atoms with E-state index in [0.717, 1.165) is 5.56 Å². The number of nitrogens with zero attached hydrogens (tertiary/aromatic N) is 3. The zero-order valence-electron chi connectivity index (χ0n) is 23.2. The lowest BCUT2D eigenvalue weighted by Gasteiger charge is -2.47. The zero-order chi connectivity index (χ0) is 29.6. The SMILES string of the molecule is CNC(=O)c1c(-c2ccc(F)cc2)oc2ccc(-c3cc(C(=O)NC4(c5ncccn5)CN(C)C4)ccc3C)c(F)c12. The minimum atomic E-state index is -0.738. The molecule has 1 fully saturated rings. The third-order valence-electron chi connectivity index (χ3n) is 7.57. The Morgan fingerprint density at radius 1 is 0.952 bits per heavy atom. The summed E-state index contributed by atoms with van der Waals surface area (Å²) >= 11 is 0. The van der Waals surface area contributed by atoms with Gasteiger partial charge in [0.25, 0.3) is 11.8 Å². The molecular weight excluding hydrogens is 540 g/mol. The molecule has 0 atom stereocenters. The Morgan fingerprint density at radius 2 is 1.67 bits per heavy atom. The van der Waals surface area contributed by atoms with Crippen LogP contribution >= 0.6 is 0 Å². The summed E-state index contributed by atoms with van der Waals surface area (Å²) in [6, 6.07) is 15.4. The zero-order valence-corrected chi connectivity index (χ0v) is 23.2. The molecule has 1 saturated heterocycles. The molecule has 2 N–H and O–H groups in total. The highest BCUT2D eigenvalue weighted by molar-refractivity contribution is 6.12. The van der Waals surface area contributed by atoms with E-state index in [9.17, 15) is 14.0 Å². The summed E-state index contributed by atoms with van der Waals surface area (Å²) in [6.07, 6.45) is 3.28. The second-order valence-electron chi connectivity index (χ2n) is 10.5. The molecule has 1 aliphatic rings. The number of halogens is 2. The average molecular weight is 568 g/mol. The number of carbonyl (C=O) groups excluding carboxylic acids is 2. The van der Waals surface area contributed by atoms with Gasteiger partial charge in [-0.05, 0) is 79.7 Å². The van der Waals surface area contributed by atoms with Crippen LogP contribution in [0.4, 0.5) is 8.78 Å². The van der Waals surface area contributed by atoms with Crippen LogP contribution in [0.5, 0.6) is 0 Å². The number of rotatable bonds is 6. The van der Waals surface area contributed by atoms with Crippen molar-refractivity contribution in [2.45, 2.75) is 12.5 Å². The molecule has 2 aromatic heterocycles. The molecule has 5 aromatic rings. The van der Waals surface area contributed by atoms with Crippen molar-refractivity contribution in [1.82, 2.24) is 25.5 Å². The van der Waals surface area contributed by atoms with Gasteiger partial charge < -0.3 is 20.0 Å². The summed E-state index contributed by atoms with van der Waals surface area (Å²) in [7, 11) is 3.39. The Bertz CT molecular complexity index is 1830. The summed E-state index contributed by atoms with van der Waals surface area (Å²) in [5.74, 6) is -1.35. The van der Waals surface area contributed by atoms with Gasteiger partial charge in [-0.1, -0.05) is 6.07 Å². The van der Waals surface area contributed by atoms with Gasteiger partial charge in [-0.2, -0.15) is 0 Å². The number of hydrogen-bond donors (Lipinski definition) is 2. The number of fused-ring (bicyclic) bond motifs is 1. The number of aryl methyl sites for hydroxylation is 1. The number of carbonyl (C=O) groups is 2. The second-order valence-corrected chi connectivity index (χ2v) is 10.5. The molecule has 8 nitrogen and oxygen atoms in total. The molecule has 1 aliphatic heterocycles. The Hall–Kier alpha value is -4.96. The smallest absolute Gasteiger partial charge is 0.255 e. The first-order valence-electron chi connectivity index (χ1n) is 13.3. The normalized spacial score (nSPS) is 14.4. The van der Waals surface area contributed by atoms with Crippen molar-refractivity contribution in [3.05, 3.63) is 107 Å². The third kappa shape index (κ3) is 4.59. The molecule has 0 bridgehead atoms. The van der Waals surface area contributed by atoms with E-state index < -0.39 is 23.1 Å². The lowest BCUT2D eigenvalue weighted by molar-refractivity contribution is 0.0464. The van der Waals surface area contributed by atoms with Crippen molar-refractivity contribution >= 4 is 22.8 Å². The lowest BCUT2D eigenvalue weighted by atomic mass is 9.88. The fourth-order valence-corrected chi connectivity index (χ4v) is 5.55. The van der Waals surface area contributed by atoms with E-state index in [2.05, 4.69) is 25.5 Å². The predicted octanol–water partition coefficient (Wildman–Crippen LogP) is 5.07. The number of furan rings is 1. The standard InChI is InChI=1S/C32H27F2N5O3/c1-18-5-6-20(29(40)38-32(16-39(3)17-32)31-36-13-4-14-37-31)15-23(18)22-11-12-24-25(27(22)34)26(30(41)35-2)28(42-24)19-7-9-21(33)10-8-19/h4-15H,16-17H2,1-3H3,(H,35,41)(H,38,40). The Labute approximate surface area is 240 Å². The number of hydrogen-bond acceptors (Lipinski definition) is 6. The summed E-state index contributed by atoms with van der Waals surface area (Å²) < 4.78 is 35.9. The maximum absolute atomic E-state index is 16.4. The average Bonchev–Trinajstić information content (AvgIpc) is 3.38. The van der Waals surface area contributed by atoms with Crippen LogP contribution in [0.25, 0.3) is 33.4 Å². The minimum absolute atomic E-state index is 0.00175. The Kier molecular flexibility index (Phi) is 6.78. The van der Waals surface area contributed by atoms with Gasteiger partial charge in [0.1, 0.15) is 28.5 Å². The van der Waals surface area contributed by atoms with Gasteiger partial charge in [0.15, 0.2) is 5.82 Å². The number of likely N-dealkylation sites (N-methyl/N-ethyl adjacent to an activating group) is 1. The van der Waals surface area contributed by atoms with Crippen LogP contribution in [0.3, 0.4) is 0 Å². The minimum Gasteiger partial charge on any atom is -0.455 e. The van der Waals surface area contributed by atoms with E-state index in [1.54, 1.807) is 48.8 Å². The maximum atomic E-state index is 16.4. The number of nitrogens with one attached hydrogen (secondary N) is 2. The van der Waals surface area contributed by atoms with Crippen LogP contribution in [0.2, 0.25) is 0 Å². The molecule has 0 radical (unpaired) electrons. The number of aromatic nitrogens is 2. The first-order valence-corrected chi connectivity index (χ1v) is 13.3. The van der Waals surface area contributed by atoms with Crippen LogP contribution < -0.4 is 10.6 Å². The quantitative estimate of drug-likeness (QED) is 0.297. The molecule has 42 heavy (non-hydrogen) atoms. The summed E-state index contributed by atoms with van der Waals surface area (Å²) in [6.45, 7) is 2.91. The molecule has 10 heteroatoms. The van der Waals surface area contributed by atoms with Crippen molar-refractivity contribution < 1.29 is 22.8 Å². The van der Waals surface area contributed by atoms with E-state index in [0.29, 0.717) is 35.6 Å². The molecule has 0 saturated carbocycles. The lowest BCUT2D eigenvalue weighted by Crippen LogP contribution is -2.67. The van der Waals surface area contributed by atoms with E-state index in [1.807, 2.05) is 14.0 Å². The van der Waals surface area contributed by atoms with Crippen molar-refractivity contribution in [2.24, 2.45) is 0 Å². The summed E-state index contributed by atoms with van der Waals surface area (Å²) in [5, 5.41) is 5.64. The molecule has 3 aromatic carbocycles. The van der Waals surface area contributed by atoms with Crippen LogP contribution in [0.15, 0.2) is 77.5 Å². The number of amides is 2. The predicted molar refractivity (Wildman–Crippen MR) is 154 cm³/mol. The van der Waals surface area contributed by atoms with Gasteiger partial charge in [-0.3, -0.25) is 9.59 Å². The fraction of sp³-hybridized carbons (Fsp3) is 0.188. The van der Waals surface area contributed by atoms with Crippen LogP contribution in [0, 0.1) is 18.6 Å². The van der Waals surface area contributed by atoms with Gasteiger partial charge in [0.05, 0.1) is 10.9 Å². The number of likely N-dealkylation sites (tertiary alicyclic amines) is 1. The van der Waals surface area contributed by atoms with E-state index >= 15 is 4.39 Å². The highest BCUT2D eigenvalue weighted by atomic mass is 19.1. The van der Waals surface area contributed by atoms with Crippen LogP contribution in [0.1, 0.15) is 32.1 Å². The molecule has 0 unspecified atom stereocenters. The Balaban J connectivity index is 1.42. The molecule has 0 spiro atoms. The Morgan fingerprint density at radius 3 is 2.33 bits per heavy atom. The van der Waals surface area contributed by atoms with E-state index in [4.69, 9.17) is 4.42 Å². The van der Waals surface area contributed by atoms with Crippen molar-refractivity contribution in [2.75, 3.05) is 27.2 Å². The van der Waals surface area contributed by atoms with Crippen molar-refractivity contribution in [3.63, 3.8) is 0 Å². The first-order chi connectivity index (χ1) is 20.2. The molecule has 0 aliphatic carbocycles. The highest BCUT2D eigenvalue weighted by Crippen LogP contribution is 2.39. The molecule has 6 rings (SSSR count). The van der Waals surface area contributed by atoms with Crippen molar-refractivity contribution in [3.8, 4) is 22.5 Å². The fourth-order valence-electron chi connectivity index (χ4n) is 5.55. The largest absolute Gasteiger partial charge is 0.455 e. The summed E-state index contributed by atoms with van der Waals surface area (Å²) in [5.41, 5.74) is 1.63. The van der Waals surface area contributed by atoms with Crippen LogP contribution in [-0.2, 0) is 5.54 Å². The number of benzene rings is 3. The molecule has 212 valence electrons. The van der Waals surface area contributed by atoms with Gasteiger partial charge in [-0.25, -0.2) is 18.7 Å². The second kappa shape index (κ2) is 10.5. The van der Waals surface area contributed by atoms with Gasteiger partial charge in [0, 0.05) is 49.2 Å². The molecule has 3 heterocycles. The van der Waals surface area contributed by atoms with Gasteiger partial charge in [0.2, 0.25) is 0 Å². The molecule has 2 amide bonds. The third-order valence-corrected chi connectivity index (χ3v) is 7.57. The van der Waals surface area contributed by atoms with Crippen molar-refractivity contribution in [1.29, 1.82) is 0 Å². The highest BCUT2D eigenvalue weighted by Gasteiger charge is 2.46. The van der Waals surface area contributed by atoms with Crippen LogP contribution in [-0.4, -0.2) is 53.9 Å². The van der Waals surface area contributed by atoms with Gasteiger partial charge >= 0.3 is 0 Å². The molecular formula is C32H27F2N5O3.